The van der Waals surface area contributed by atoms with Gasteiger partial charge in [-0.25, -0.2) is 33.2 Å². The minimum Gasteiger partial charge on any atom is -0.497 e. The summed E-state index contributed by atoms with van der Waals surface area (Å²) < 4.78 is 34.0. The molecule has 0 saturated heterocycles. The molecular formula is C96H117FN10O17S5. The number of thioether (sulfide) groups is 5. The highest BCUT2D eigenvalue weighted by Gasteiger charge is 2.43. The Hall–Kier alpha value is -10.5. The van der Waals surface area contributed by atoms with Gasteiger partial charge in [0, 0.05) is 123 Å². The zero-order valence-corrected chi connectivity index (χ0v) is 80.0. The molecule has 33 heteroatoms. The number of fused-ring (bicyclic) bond motifs is 5. The highest BCUT2D eigenvalue weighted by molar-refractivity contribution is 8.05. The number of aliphatic imine (C=N–C) groups is 5. The second-order valence-corrected chi connectivity index (χ2v) is 43.4. The normalized spacial score (nSPS) is 21.8. The third kappa shape index (κ3) is 26.9. The second-order valence-electron chi connectivity index (χ2n) is 38.2. The fourth-order valence-corrected chi connectivity index (χ4v) is 22.0. The molecule has 27 nitrogen and oxygen atoms in total. The Morgan fingerprint density at radius 2 is 0.651 bits per heavy atom. The lowest BCUT2D eigenvalue weighted by atomic mass is 9.78. The lowest BCUT2D eigenvalue weighted by Gasteiger charge is -2.36. The maximum atomic E-state index is 13.1. The van der Waals surface area contributed by atoms with Gasteiger partial charge in [0.1, 0.15) is 17.3 Å². The number of rotatable bonds is 22. The molecule has 5 atom stereocenters. The van der Waals surface area contributed by atoms with E-state index in [0.29, 0.717) is 64.5 Å². The van der Waals surface area contributed by atoms with Crippen LogP contribution in [0.2, 0.25) is 0 Å². The van der Waals surface area contributed by atoms with Crippen molar-refractivity contribution in [3.63, 3.8) is 0 Å². The lowest BCUT2D eigenvalue weighted by molar-refractivity contribution is -0.138. The maximum absolute atomic E-state index is 13.1. The number of nitrogens with zero attached hydrogens (tertiary/aromatic N) is 5. The van der Waals surface area contributed by atoms with Gasteiger partial charge < -0.3 is 76.2 Å². The van der Waals surface area contributed by atoms with Crippen molar-refractivity contribution < 1.29 is 87.5 Å². The van der Waals surface area contributed by atoms with Gasteiger partial charge in [-0.05, 0) is 200 Å². The number of aromatic carboxylic acids is 1. The molecule has 129 heavy (non-hydrogen) atoms. The highest BCUT2D eigenvalue weighted by Crippen LogP contribution is 2.50. The van der Waals surface area contributed by atoms with Crippen LogP contribution in [-0.2, 0) is 24.0 Å². The average Bonchev–Trinajstić information content (AvgIpc) is 0.780. The van der Waals surface area contributed by atoms with Gasteiger partial charge in [-0.3, -0.25) is 29.8 Å². The van der Waals surface area contributed by atoms with E-state index in [1.807, 2.05) is 66.7 Å². The van der Waals surface area contributed by atoms with Gasteiger partial charge in [-0.15, -0.1) is 58.8 Å². The highest BCUT2D eigenvalue weighted by atomic mass is 32.2. The van der Waals surface area contributed by atoms with Crippen LogP contribution in [0.5, 0.6) is 23.0 Å². The van der Waals surface area contributed by atoms with Crippen LogP contribution in [-0.4, -0.2) is 188 Å². The van der Waals surface area contributed by atoms with E-state index in [1.165, 1.54) is 37.1 Å². The van der Waals surface area contributed by atoms with Crippen molar-refractivity contribution in [1.82, 2.24) is 0 Å². The van der Waals surface area contributed by atoms with Crippen molar-refractivity contribution in [3.8, 4) is 23.0 Å². The summed E-state index contributed by atoms with van der Waals surface area (Å²) in [5.74, 6) is -0.666. The van der Waals surface area contributed by atoms with Crippen LogP contribution in [0, 0.1) is 38.3 Å². The molecule has 0 spiro atoms. The van der Waals surface area contributed by atoms with Gasteiger partial charge in [-0.2, -0.15) is 0 Å². The molecule has 0 saturated carbocycles. The number of carboxylic acid groups (broad SMARTS) is 6. The largest absolute Gasteiger partial charge is 0.497 e. The van der Waals surface area contributed by atoms with Crippen LogP contribution in [0.15, 0.2) is 187 Å². The average molecular weight is 1860 g/mol. The Labute approximate surface area is 774 Å². The standard InChI is InChI=1S/C23H30N2O3S.C19H22N2O5S.C19H24N2O4S.C18H22N2O3S.C17H19FN2O2S/c1-22(2,3)12-19(26)14-6-8-15(9-7-14)24-16-10-23(4,5)11-17-20(16)29-13-18(25-17)21(27)28;1-19(2)7-13(16-14(8-19)21-15(9-27-16)18(24)25)20-12-5-4-10(26-3)6-11(12)17(22)23;1-19(2)8-12(17-13(9-19)21-14(10-26-17)18(22)23)20-11-5-6-15(24-3)16(7-11)25-4;1-18(2)8-13(19-11-4-6-12(23-3)7-5-11)16-14(9-18)20-15(10-24-16)17(21)22;1-17(2)7-12(19-11-5-3-10(18)4-6-11)15-13(8-17)20-14(9-23-15)16(21)22/h6-9,18,24H,10-13H2,1-5H3,(H,27,28);4-6,15,20H,7-9H2,1-3H3,(H,22,23)(H,24,25);5-7,14,20H,8-10H2,1-4H3,(H,22,23);4-7,15,19H,8-10H2,1-3H3,(H,21,22);3-6,14,19H,7-9H2,1-2H3,(H,21,22). The quantitative estimate of drug-likeness (QED) is 0.0287. The van der Waals surface area contributed by atoms with Crippen molar-refractivity contribution in [2.24, 2.45) is 57.5 Å². The number of allylic oxidation sites excluding steroid dienone is 10. The number of ketones is 1. The minimum atomic E-state index is -1.05. The van der Waals surface area contributed by atoms with E-state index < -0.39 is 66.0 Å². The molecule has 11 N–H and O–H groups in total. The van der Waals surface area contributed by atoms with Gasteiger partial charge in [0.2, 0.25) is 0 Å². The number of ether oxygens (including phenoxy) is 4. The summed E-state index contributed by atoms with van der Waals surface area (Å²) in [5, 5.41) is 73.0. The first kappa shape index (κ1) is 99.1. The van der Waals surface area contributed by atoms with Gasteiger partial charge in [0.05, 0.1) is 68.2 Å². The van der Waals surface area contributed by atoms with Crippen LogP contribution in [0.25, 0.3) is 0 Å². The van der Waals surface area contributed by atoms with E-state index in [9.17, 15) is 68.6 Å². The van der Waals surface area contributed by atoms with E-state index in [0.717, 1.165) is 173 Å². The smallest absolute Gasteiger partial charge is 0.337 e. The van der Waals surface area contributed by atoms with Crippen LogP contribution < -0.4 is 45.5 Å². The topological polar surface area (TPSA) is 400 Å². The summed E-state index contributed by atoms with van der Waals surface area (Å²) >= 11 is 7.77. The molecule has 0 bridgehead atoms. The number of anilines is 5. The zero-order chi connectivity index (χ0) is 94.0. The first-order chi connectivity index (χ1) is 60.7. The fraction of sp³-hybridized carbons (Fsp3) is 0.458. The molecule has 0 aromatic heterocycles. The number of carbonyl (C=O) groups excluding carboxylic acids is 1. The summed E-state index contributed by atoms with van der Waals surface area (Å²) in [6.45, 7) is 27.8. The Morgan fingerprint density at radius 3 is 0.946 bits per heavy atom. The van der Waals surface area contributed by atoms with Crippen molar-refractivity contribution >= 4 is 157 Å². The van der Waals surface area contributed by atoms with Gasteiger partial charge in [0.25, 0.3) is 0 Å². The number of carbonyl (C=O) groups is 7. The van der Waals surface area contributed by atoms with Crippen LogP contribution in [0.1, 0.15) is 181 Å². The lowest BCUT2D eigenvalue weighted by Crippen LogP contribution is -2.34. The molecule has 5 aromatic rings. The minimum absolute atomic E-state index is 0.00561. The molecule has 5 aliphatic carbocycles. The summed E-state index contributed by atoms with van der Waals surface area (Å²) in [4.78, 5) is 108. The Balaban J connectivity index is 0.000000156. The van der Waals surface area contributed by atoms with Gasteiger partial charge in [0.15, 0.2) is 47.5 Å². The zero-order valence-electron chi connectivity index (χ0n) is 75.9. The van der Waals surface area contributed by atoms with E-state index in [1.54, 1.807) is 92.6 Å². The van der Waals surface area contributed by atoms with Crippen molar-refractivity contribution in [2.75, 3.05) is 83.8 Å². The summed E-state index contributed by atoms with van der Waals surface area (Å²) in [6, 6.07) is 28.9. The molecule has 690 valence electrons. The van der Waals surface area contributed by atoms with E-state index in [4.69, 9.17) is 18.9 Å². The number of hydrogen-bond donors (Lipinski definition) is 11. The van der Waals surface area contributed by atoms with E-state index in [2.05, 4.69) is 142 Å². The van der Waals surface area contributed by atoms with Crippen LogP contribution in [0.4, 0.5) is 32.8 Å². The molecule has 5 unspecified atom stereocenters. The Kier molecular flexibility index (Phi) is 32.1. The third-order valence-corrected chi connectivity index (χ3v) is 28.5. The third-order valence-electron chi connectivity index (χ3n) is 22.2. The summed E-state index contributed by atoms with van der Waals surface area (Å²) in [6.07, 6.45) is 8.60. The molecule has 0 fully saturated rings. The number of hydrogen-bond acceptors (Lipinski definition) is 26. The Morgan fingerprint density at radius 1 is 0.364 bits per heavy atom. The number of Topliss-reactive ketones (excluding diaryl/α,β-unsaturated/α-hetero) is 1. The second kappa shape index (κ2) is 41.7. The van der Waals surface area contributed by atoms with E-state index in [-0.39, 0.29) is 49.7 Å². The molecule has 10 aliphatic rings. The monoisotopic (exact) mass is 1860 g/mol. The maximum Gasteiger partial charge on any atom is 0.337 e. The first-order valence-corrected chi connectivity index (χ1v) is 47.4. The van der Waals surface area contributed by atoms with Gasteiger partial charge in [-0.1, -0.05) is 90.0 Å². The molecule has 5 aliphatic heterocycles. The van der Waals surface area contributed by atoms with Crippen molar-refractivity contribution in [1.29, 1.82) is 0 Å². The number of aliphatic carboxylic acids is 5. The summed E-state index contributed by atoms with van der Waals surface area (Å²) in [5.41, 5.74) is 14.5. The van der Waals surface area contributed by atoms with Crippen LogP contribution >= 0.6 is 58.8 Å². The first-order valence-electron chi connectivity index (χ1n) is 42.5. The number of nitrogens with one attached hydrogen (secondary N) is 5. The van der Waals surface area contributed by atoms with Gasteiger partial charge >= 0.3 is 35.8 Å². The molecule has 0 radical (unpaired) electrons. The SMILES string of the molecule is CC(C)(C)CC(=O)c1ccc(NC2=C3SCC(C(=O)O)N=C3CC(C)(C)C2)cc1.CC1(C)CC2=NC(C(=O)O)CSC2=C(Nc2ccc(F)cc2)C1.COc1ccc(NC2=C3SCC(C(=O)O)N=C3CC(C)(C)C2)c(C(=O)O)c1.COc1ccc(NC2=C3SCC(C(=O)O)N=C3CC(C)(C)C2)cc1.COc1ccc(NC2=C3SCC(C(=O)O)N=C3CC(C)(C)C2)cc1OC. The van der Waals surface area contributed by atoms with Crippen LogP contribution in [0.3, 0.4) is 0 Å². The number of benzene rings is 5. The van der Waals surface area contributed by atoms with Crippen molar-refractivity contribution in [3.05, 3.63) is 179 Å². The predicted octanol–water partition coefficient (Wildman–Crippen LogP) is 20.3. The number of methoxy groups -OCH3 is 4. The molecular weight excluding hydrogens is 1740 g/mol. The van der Waals surface area contributed by atoms with E-state index >= 15 is 0 Å². The Bertz CT molecular complexity index is 5470. The predicted molar refractivity (Wildman–Crippen MR) is 519 cm³/mol. The number of halogens is 1. The molecule has 0 amide bonds. The van der Waals surface area contributed by atoms with Crippen molar-refractivity contribution in [2.45, 2.75) is 191 Å². The molecule has 5 aromatic carbocycles. The fourth-order valence-electron chi connectivity index (χ4n) is 16.3. The summed E-state index contributed by atoms with van der Waals surface area (Å²) in [7, 11) is 6.36. The number of carboxylic acids is 6. The molecule has 5 heterocycles. The molecule has 15 rings (SSSR count).